The van der Waals surface area contributed by atoms with E-state index in [0.29, 0.717) is 5.69 Å². The zero-order chi connectivity index (χ0) is 19.3. The first-order valence-electron chi connectivity index (χ1n) is 9.28. The molecule has 8 heteroatoms. The molecule has 0 bridgehead atoms. The molecule has 3 heterocycles. The van der Waals surface area contributed by atoms with Crippen LogP contribution < -0.4 is 10.9 Å². The van der Waals surface area contributed by atoms with Gasteiger partial charge in [0.05, 0.1) is 17.9 Å². The first-order valence-corrected chi connectivity index (χ1v) is 9.28. The molecule has 0 spiro atoms. The highest BCUT2D eigenvalue weighted by Gasteiger charge is 2.25. The van der Waals surface area contributed by atoms with Gasteiger partial charge < -0.3 is 5.32 Å². The van der Waals surface area contributed by atoms with Crippen molar-refractivity contribution in [3.8, 4) is 11.3 Å². The fourth-order valence-electron chi connectivity index (χ4n) is 3.50. The molecule has 142 valence electrons. The van der Waals surface area contributed by atoms with E-state index in [4.69, 9.17) is 0 Å². The van der Waals surface area contributed by atoms with Crippen molar-refractivity contribution >= 4 is 5.91 Å². The predicted octanol–water partition coefficient (Wildman–Crippen LogP) is 2.01. The summed E-state index contributed by atoms with van der Waals surface area (Å²) in [5.41, 5.74) is 1.80. The summed E-state index contributed by atoms with van der Waals surface area (Å²) >= 11 is 0. The van der Waals surface area contributed by atoms with Gasteiger partial charge in [-0.3, -0.25) is 19.6 Å². The molecule has 0 unspecified atom stereocenters. The topological polar surface area (TPSA) is 103 Å². The van der Waals surface area contributed by atoms with Gasteiger partial charge in [-0.05, 0) is 43.9 Å². The van der Waals surface area contributed by atoms with Crippen LogP contribution in [-0.2, 0) is 0 Å². The van der Waals surface area contributed by atoms with E-state index >= 15 is 0 Å². The molecule has 0 saturated heterocycles. The van der Waals surface area contributed by atoms with Crippen molar-refractivity contribution in [1.82, 2.24) is 30.0 Å². The molecule has 1 aliphatic rings. The number of hydrogen-bond donors (Lipinski definition) is 1. The zero-order valence-electron chi connectivity index (χ0n) is 15.2. The van der Waals surface area contributed by atoms with Gasteiger partial charge in [-0.2, -0.15) is 5.10 Å². The van der Waals surface area contributed by atoms with Gasteiger partial charge in [-0.15, -0.1) is 0 Å². The highest BCUT2D eigenvalue weighted by Crippen LogP contribution is 2.27. The Kier molecular flexibility index (Phi) is 5.18. The SMILES string of the molecule is O=C(NC1CCC(n2nc(-c3cccnc3)ccc2=O)CC1)c1cnccn1. The molecule has 3 aromatic rings. The minimum Gasteiger partial charge on any atom is -0.348 e. The van der Waals surface area contributed by atoms with E-state index < -0.39 is 0 Å². The highest BCUT2D eigenvalue weighted by atomic mass is 16.2. The van der Waals surface area contributed by atoms with Crippen LogP contribution in [0.5, 0.6) is 0 Å². The molecule has 1 N–H and O–H groups in total. The van der Waals surface area contributed by atoms with Crippen LogP contribution in [0.25, 0.3) is 11.3 Å². The van der Waals surface area contributed by atoms with E-state index in [2.05, 4.69) is 25.4 Å². The lowest BCUT2D eigenvalue weighted by Gasteiger charge is -2.29. The molecule has 0 atom stereocenters. The van der Waals surface area contributed by atoms with Gasteiger partial charge in [-0.1, -0.05) is 0 Å². The minimum atomic E-state index is -0.217. The van der Waals surface area contributed by atoms with Crippen molar-refractivity contribution in [2.45, 2.75) is 37.8 Å². The summed E-state index contributed by atoms with van der Waals surface area (Å²) in [5, 5.41) is 7.56. The number of amides is 1. The van der Waals surface area contributed by atoms with Crippen molar-refractivity contribution in [1.29, 1.82) is 0 Å². The Bertz CT molecular complexity index is 998. The number of rotatable bonds is 4. The van der Waals surface area contributed by atoms with Crippen LogP contribution in [0.3, 0.4) is 0 Å². The second-order valence-electron chi connectivity index (χ2n) is 6.81. The highest BCUT2D eigenvalue weighted by molar-refractivity contribution is 5.92. The average molecular weight is 376 g/mol. The van der Waals surface area contributed by atoms with E-state index in [1.807, 2.05) is 12.1 Å². The van der Waals surface area contributed by atoms with Crippen LogP contribution >= 0.6 is 0 Å². The summed E-state index contributed by atoms with van der Waals surface area (Å²) in [6.07, 6.45) is 11.0. The van der Waals surface area contributed by atoms with E-state index in [0.717, 1.165) is 36.9 Å². The molecule has 8 nitrogen and oxygen atoms in total. The molecule has 1 aliphatic carbocycles. The Hall–Kier alpha value is -3.42. The smallest absolute Gasteiger partial charge is 0.271 e. The molecule has 28 heavy (non-hydrogen) atoms. The third-order valence-electron chi connectivity index (χ3n) is 4.96. The van der Waals surface area contributed by atoms with Crippen LogP contribution in [-0.4, -0.2) is 36.7 Å². The standard InChI is InChI=1S/C20H20N6O2/c27-19-8-7-17(14-2-1-9-21-12-14)25-26(19)16-5-3-15(4-6-16)24-20(28)18-13-22-10-11-23-18/h1-2,7-13,15-16H,3-6H2,(H,24,28). The molecule has 1 fully saturated rings. The van der Waals surface area contributed by atoms with Crippen LogP contribution in [0.1, 0.15) is 42.2 Å². The van der Waals surface area contributed by atoms with Gasteiger partial charge in [0.1, 0.15) is 5.69 Å². The third-order valence-corrected chi connectivity index (χ3v) is 4.96. The normalized spacial score (nSPS) is 19.1. The van der Waals surface area contributed by atoms with E-state index in [1.54, 1.807) is 29.2 Å². The number of nitrogens with zero attached hydrogens (tertiary/aromatic N) is 5. The fraction of sp³-hybridized carbons (Fsp3) is 0.300. The second kappa shape index (κ2) is 8.08. The molecule has 1 amide bonds. The number of hydrogen-bond acceptors (Lipinski definition) is 6. The zero-order valence-corrected chi connectivity index (χ0v) is 15.2. The van der Waals surface area contributed by atoms with Crippen molar-refractivity contribution in [3.63, 3.8) is 0 Å². The summed E-state index contributed by atoms with van der Waals surface area (Å²) in [5.74, 6) is -0.217. The van der Waals surface area contributed by atoms with Crippen LogP contribution in [0.4, 0.5) is 0 Å². The Morgan fingerprint density at radius 3 is 2.54 bits per heavy atom. The fourth-order valence-corrected chi connectivity index (χ4v) is 3.50. The lowest BCUT2D eigenvalue weighted by Crippen LogP contribution is -2.39. The Balaban J connectivity index is 1.42. The van der Waals surface area contributed by atoms with Gasteiger partial charge in [-0.25, -0.2) is 9.67 Å². The second-order valence-corrected chi connectivity index (χ2v) is 6.81. The van der Waals surface area contributed by atoms with Crippen molar-refractivity contribution in [2.24, 2.45) is 0 Å². The Labute approximate surface area is 161 Å². The maximum atomic E-state index is 12.3. The lowest BCUT2D eigenvalue weighted by molar-refractivity contribution is 0.0916. The van der Waals surface area contributed by atoms with Crippen LogP contribution in [0, 0.1) is 0 Å². The van der Waals surface area contributed by atoms with Crippen molar-refractivity contribution < 1.29 is 4.79 Å². The maximum Gasteiger partial charge on any atom is 0.271 e. The van der Waals surface area contributed by atoms with Gasteiger partial charge in [0, 0.05) is 42.5 Å². The molecule has 4 rings (SSSR count). The van der Waals surface area contributed by atoms with Gasteiger partial charge >= 0.3 is 0 Å². The number of pyridine rings is 1. The van der Waals surface area contributed by atoms with Gasteiger partial charge in [0.2, 0.25) is 0 Å². The summed E-state index contributed by atoms with van der Waals surface area (Å²) in [7, 11) is 0. The molecule has 3 aromatic heterocycles. The van der Waals surface area contributed by atoms with Crippen molar-refractivity contribution in [2.75, 3.05) is 0 Å². The Morgan fingerprint density at radius 1 is 1.00 bits per heavy atom. The monoisotopic (exact) mass is 376 g/mol. The van der Waals surface area contributed by atoms with Gasteiger partial charge in [0.25, 0.3) is 11.5 Å². The van der Waals surface area contributed by atoms with Gasteiger partial charge in [0.15, 0.2) is 0 Å². The largest absolute Gasteiger partial charge is 0.348 e. The Morgan fingerprint density at radius 2 is 1.82 bits per heavy atom. The lowest BCUT2D eigenvalue weighted by atomic mass is 9.91. The van der Waals surface area contributed by atoms with Crippen LogP contribution in [0.15, 0.2) is 60.0 Å². The average Bonchev–Trinajstić information content (AvgIpc) is 2.76. The van der Waals surface area contributed by atoms with Crippen LogP contribution in [0.2, 0.25) is 0 Å². The molecule has 0 radical (unpaired) electrons. The quantitative estimate of drug-likeness (QED) is 0.747. The molecule has 0 aromatic carbocycles. The first-order chi connectivity index (χ1) is 13.7. The van der Waals surface area contributed by atoms with E-state index in [-0.39, 0.29) is 23.6 Å². The summed E-state index contributed by atoms with van der Waals surface area (Å²) in [6, 6.07) is 7.12. The number of carbonyl (C=O) groups is 1. The van der Waals surface area contributed by atoms with E-state index in [9.17, 15) is 9.59 Å². The number of aromatic nitrogens is 5. The van der Waals surface area contributed by atoms with Crippen molar-refractivity contribution in [3.05, 3.63) is 71.3 Å². The first kappa shape index (κ1) is 18.0. The molecular weight excluding hydrogens is 356 g/mol. The maximum absolute atomic E-state index is 12.3. The summed E-state index contributed by atoms with van der Waals surface area (Å²) in [4.78, 5) is 36.6. The number of nitrogens with one attached hydrogen (secondary N) is 1. The predicted molar refractivity (Wildman–Crippen MR) is 103 cm³/mol. The summed E-state index contributed by atoms with van der Waals surface area (Å²) < 4.78 is 1.57. The van der Waals surface area contributed by atoms with E-state index in [1.165, 1.54) is 18.6 Å². The molecular formula is C20H20N6O2. The molecule has 0 aliphatic heterocycles. The minimum absolute atomic E-state index is 0.0220. The molecule has 1 saturated carbocycles. The number of carbonyl (C=O) groups excluding carboxylic acids is 1. The summed E-state index contributed by atoms with van der Waals surface area (Å²) in [6.45, 7) is 0. The third kappa shape index (κ3) is 3.95.